The maximum absolute atomic E-state index is 11.8. The number of hydrogen-bond acceptors (Lipinski definition) is 2. The topological polar surface area (TPSA) is 48.0 Å². The van der Waals surface area contributed by atoms with Crippen molar-refractivity contribution in [1.29, 1.82) is 0 Å². The molecule has 0 saturated heterocycles. The normalized spacial score (nSPS) is 10.3. The van der Waals surface area contributed by atoms with Crippen LogP contribution >= 0.6 is 12.2 Å². The van der Waals surface area contributed by atoms with Crippen LogP contribution in [0.15, 0.2) is 41.3 Å². The van der Waals surface area contributed by atoms with Gasteiger partial charge < -0.3 is 10.3 Å². The summed E-state index contributed by atoms with van der Waals surface area (Å²) in [5, 5.41) is 0. The second-order valence-electron chi connectivity index (χ2n) is 4.21. The Hall–Kier alpha value is -1.94. The number of para-hydroxylation sites is 1. The standard InChI is InChI=1S/C14H14N2OS/c1-9-5-3-4-6-12(9)16-8-11(14(15)18)13(17)7-10(16)2/h3-8H,1-2H3,(H2,15,18). The number of aromatic nitrogens is 1. The Balaban J connectivity index is 2.73. The van der Waals surface area contributed by atoms with Gasteiger partial charge in [-0.15, -0.1) is 0 Å². The Morgan fingerprint density at radius 2 is 1.94 bits per heavy atom. The van der Waals surface area contributed by atoms with Gasteiger partial charge in [-0.05, 0) is 25.5 Å². The van der Waals surface area contributed by atoms with E-state index in [1.165, 1.54) is 0 Å². The van der Waals surface area contributed by atoms with E-state index < -0.39 is 0 Å². The Morgan fingerprint density at radius 1 is 1.28 bits per heavy atom. The lowest BCUT2D eigenvalue weighted by Crippen LogP contribution is -2.23. The van der Waals surface area contributed by atoms with Gasteiger partial charge in [-0.25, -0.2) is 0 Å². The molecule has 4 heteroatoms. The first kappa shape index (κ1) is 12.5. The highest BCUT2D eigenvalue weighted by atomic mass is 32.1. The van der Waals surface area contributed by atoms with Crippen molar-refractivity contribution >= 4 is 17.2 Å². The van der Waals surface area contributed by atoms with Gasteiger partial charge >= 0.3 is 0 Å². The third-order valence-corrected chi connectivity index (χ3v) is 3.10. The maximum Gasteiger partial charge on any atom is 0.192 e. The molecule has 2 N–H and O–H groups in total. The van der Waals surface area contributed by atoms with Crippen LogP contribution in [0, 0.1) is 13.8 Å². The van der Waals surface area contributed by atoms with Crippen molar-refractivity contribution in [3.05, 3.63) is 63.6 Å². The van der Waals surface area contributed by atoms with Crippen LogP contribution in [0.4, 0.5) is 0 Å². The van der Waals surface area contributed by atoms with Crippen LogP contribution in [0.3, 0.4) is 0 Å². The number of aryl methyl sites for hydroxylation is 2. The van der Waals surface area contributed by atoms with Crippen LogP contribution in [-0.4, -0.2) is 9.56 Å². The minimum absolute atomic E-state index is 0.127. The van der Waals surface area contributed by atoms with Crippen LogP contribution < -0.4 is 11.2 Å². The number of nitrogens with two attached hydrogens (primary N) is 1. The molecule has 0 saturated carbocycles. The summed E-state index contributed by atoms with van der Waals surface area (Å²) in [5.41, 5.74) is 8.81. The summed E-state index contributed by atoms with van der Waals surface area (Å²) in [4.78, 5) is 11.9. The number of nitrogens with zero attached hydrogens (tertiary/aromatic N) is 1. The first-order valence-corrected chi connectivity index (χ1v) is 6.00. The number of thiocarbonyl (C=S) groups is 1. The van der Waals surface area contributed by atoms with E-state index in [2.05, 4.69) is 0 Å². The monoisotopic (exact) mass is 258 g/mol. The van der Waals surface area contributed by atoms with Crippen LogP contribution in [0.25, 0.3) is 5.69 Å². The molecule has 0 amide bonds. The lowest BCUT2D eigenvalue weighted by molar-refractivity contribution is 0.960. The Morgan fingerprint density at radius 3 is 2.56 bits per heavy atom. The Kier molecular flexibility index (Phi) is 3.30. The average Bonchev–Trinajstić information content (AvgIpc) is 2.30. The zero-order valence-electron chi connectivity index (χ0n) is 10.3. The molecule has 3 nitrogen and oxygen atoms in total. The molecule has 0 aliphatic rings. The number of pyridine rings is 1. The molecule has 0 radical (unpaired) electrons. The first-order valence-electron chi connectivity index (χ1n) is 5.60. The fourth-order valence-corrected chi connectivity index (χ4v) is 2.06. The Labute approximate surface area is 111 Å². The van der Waals surface area contributed by atoms with E-state index in [9.17, 15) is 4.79 Å². The largest absolute Gasteiger partial charge is 0.389 e. The fraction of sp³-hybridized carbons (Fsp3) is 0.143. The zero-order chi connectivity index (χ0) is 13.3. The number of benzene rings is 1. The fourth-order valence-electron chi connectivity index (χ4n) is 1.91. The highest BCUT2D eigenvalue weighted by Crippen LogP contribution is 2.15. The van der Waals surface area contributed by atoms with Crippen molar-refractivity contribution < 1.29 is 0 Å². The second-order valence-corrected chi connectivity index (χ2v) is 4.65. The van der Waals surface area contributed by atoms with E-state index in [4.69, 9.17) is 18.0 Å². The van der Waals surface area contributed by atoms with Crippen molar-refractivity contribution in [1.82, 2.24) is 4.57 Å². The van der Waals surface area contributed by atoms with Gasteiger partial charge in [0, 0.05) is 23.6 Å². The van der Waals surface area contributed by atoms with E-state index in [0.29, 0.717) is 5.56 Å². The van der Waals surface area contributed by atoms with Gasteiger partial charge in [0.15, 0.2) is 5.43 Å². The lowest BCUT2D eigenvalue weighted by Gasteiger charge is -2.14. The van der Waals surface area contributed by atoms with Crippen molar-refractivity contribution in [3.63, 3.8) is 0 Å². The molecule has 0 unspecified atom stereocenters. The lowest BCUT2D eigenvalue weighted by atomic mass is 10.1. The van der Waals surface area contributed by atoms with E-state index in [-0.39, 0.29) is 10.4 Å². The molecule has 2 rings (SSSR count). The smallest absolute Gasteiger partial charge is 0.192 e. The molecule has 0 spiro atoms. The van der Waals surface area contributed by atoms with Crippen LogP contribution in [0.2, 0.25) is 0 Å². The maximum atomic E-state index is 11.8. The molecule has 18 heavy (non-hydrogen) atoms. The van der Waals surface area contributed by atoms with Gasteiger partial charge in [-0.2, -0.15) is 0 Å². The predicted molar refractivity (Wildman–Crippen MR) is 77.4 cm³/mol. The van der Waals surface area contributed by atoms with Gasteiger partial charge in [-0.3, -0.25) is 4.79 Å². The number of hydrogen-bond donors (Lipinski definition) is 1. The number of rotatable bonds is 2. The highest BCUT2D eigenvalue weighted by molar-refractivity contribution is 7.80. The highest BCUT2D eigenvalue weighted by Gasteiger charge is 2.08. The molecular formula is C14H14N2OS. The second kappa shape index (κ2) is 4.74. The minimum atomic E-state index is -0.134. The summed E-state index contributed by atoms with van der Waals surface area (Å²) in [6, 6.07) is 9.51. The Bertz CT molecular complexity index is 674. The summed E-state index contributed by atoms with van der Waals surface area (Å²) in [7, 11) is 0. The summed E-state index contributed by atoms with van der Waals surface area (Å²) < 4.78 is 1.94. The molecule has 1 aromatic heterocycles. The average molecular weight is 258 g/mol. The molecule has 1 heterocycles. The van der Waals surface area contributed by atoms with Gasteiger partial charge in [-0.1, -0.05) is 30.4 Å². The molecule has 92 valence electrons. The molecule has 0 atom stereocenters. The molecule has 0 aliphatic heterocycles. The quantitative estimate of drug-likeness (QED) is 0.839. The van der Waals surface area contributed by atoms with Crippen molar-refractivity contribution in [2.24, 2.45) is 5.73 Å². The van der Waals surface area contributed by atoms with E-state index in [1.807, 2.05) is 42.7 Å². The van der Waals surface area contributed by atoms with Gasteiger partial charge in [0.25, 0.3) is 0 Å². The van der Waals surface area contributed by atoms with Gasteiger partial charge in [0.2, 0.25) is 0 Å². The van der Waals surface area contributed by atoms with Crippen molar-refractivity contribution in [3.8, 4) is 5.69 Å². The SMILES string of the molecule is Cc1ccccc1-n1cc(C(N)=S)c(=O)cc1C. The van der Waals surface area contributed by atoms with Gasteiger partial charge in [0.1, 0.15) is 4.99 Å². The van der Waals surface area contributed by atoms with E-state index in [1.54, 1.807) is 12.3 Å². The zero-order valence-corrected chi connectivity index (χ0v) is 11.1. The van der Waals surface area contributed by atoms with Crippen LogP contribution in [0.1, 0.15) is 16.8 Å². The molecule has 0 bridgehead atoms. The molecule has 0 fully saturated rings. The summed E-state index contributed by atoms with van der Waals surface area (Å²) in [6.07, 6.45) is 1.71. The first-order chi connectivity index (χ1) is 8.50. The summed E-state index contributed by atoms with van der Waals surface area (Å²) in [6.45, 7) is 3.91. The van der Waals surface area contributed by atoms with Crippen molar-refractivity contribution in [2.45, 2.75) is 13.8 Å². The third kappa shape index (κ3) is 2.19. The van der Waals surface area contributed by atoms with Gasteiger partial charge in [0.05, 0.1) is 5.56 Å². The predicted octanol–water partition coefficient (Wildman–Crippen LogP) is 2.09. The molecule has 0 aliphatic carbocycles. The molecule has 1 aromatic carbocycles. The van der Waals surface area contributed by atoms with Crippen molar-refractivity contribution in [2.75, 3.05) is 0 Å². The summed E-state index contributed by atoms with van der Waals surface area (Å²) >= 11 is 4.90. The van der Waals surface area contributed by atoms with E-state index >= 15 is 0 Å². The summed E-state index contributed by atoms with van der Waals surface area (Å²) in [5.74, 6) is 0. The molecule has 2 aromatic rings. The van der Waals surface area contributed by atoms with Crippen LogP contribution in [-0.2, 0) is 0 Å². The minimum Gasteiger partial charge on any atom is -0.389 e. The van der Waals surface area contributed by atoms with Crippen LogP contribution in [0.5, 0.6) is 0 Å². The van der Waals surface area contributed by atoms with E-state index in [0.717, 1.165) is 16.9 Å². The third-order valence-electron chi connectivity index (χ3n) is 2.88. The molecular weight excluding hydrogens is 244 g/mol.